The number of aliphatic hydroxyl groups excluding tert-OH is 8. The molecule has 0 spiro atoms. The molecule has 2 heterocycles. The highest BCUT2D eigenvalue weighted by molar-refractivity contribution is 5.76. The van der Waals surface area contributed by atoms with Gasteiger partial charge in [-0.05, 0) is 44.9 Å². The lowest BCUT2D eigenvalue weighted by Crippen LogP contribution is -2.65. The Kier molecular flexibility index (Phi) is 52.8. The van der Waals surface area contributed by atoms with Crippen LogP contribution in [-0.2, 0) is 23.7 Å². The quantitative estimate of drug-likeness (QED) is 0.0204. The molecule has 2 rings (SSSR count). The van der Waals surface area contributed by atoms with E-state index in [1.165, 1.54) is 263 Å². The predicted molar refractivity (Wildman–Crippen MR) is 346 cm³/mol. The molecule has 9 N–H and O–H groups in total. The minimum atomic E-state index is -1.79. The zero-order chi connectivity index (χ0) is 61.6. The van der Waals surface area contributed by atoms with Gasteiger partial charge in [0.05, 0.1) is 32.0 Å². The van der Waals surface area contributed by atoms with Crippen LogP contribution >= 0.6 is 0 Å². The number of rotatable bonds is 60. The first-order valence-corrected chi connectivity index (χ1v) is 36.1. The molecule has 0 aromatic carbocycles. The fourth-order valence-corrected chi connectivity index (χ4v) is 12.1. The van der Waals surface area contributed by atoms with Gasteiger partial charge in [-0.3, -0.25) is 4.79 Å². The van der Waals surface area contributed by atoms with Crippen molar-refractivity contribution < 1.29 is 64.6 Å². The maximum atomic E-state index is 13.3. The molecule has 0 radical (unpaired) electrons. The first-order valence-electron chi connectivity index (χ1n) is 36.1. The van der Waals surface area contributed by atoms with Crippen LogP contribution in [0.3, 0.4) is 0 Å². The molecule has 2 aliphatic rings. The average Bonchev–Trinajstić information content (AvgIpc) is 3.60. The van der Waals surface area contributed by atoms with Crippen molar-refractivity contribution in [1.82, 2.24) is 5.32 Å². The van der Waals surface area contributed by atoms with Gasteiger partial charge in [-0.25, -0.2) is 0 Å². The molecule has 14 heteroatoms. The van der Waals surface area contributed by atoms with Crippen LogP contribution in [0.2, 0.25) is 0 Å². The first-order chi connectivity index (χ1) is 41.6. The van der Waals surface area contributed by atoms with Crippen molar-refractivity contribution in [1.29, 1.82) is 0 Å². The Morgan fingerprint density at radius 2 is 0.741 bits per heavy atom. The van der Waals surface area contributed by atoms with Crippen molar-refractivity contribution in [2.45, 2.75) is 402 Å². The summed E-state index contributed by atoms with van der Waals surface area (Å²) in [6, 6.07) is -0.910. The summed E-state index contributed by atoms with van der Waals surface area (Å²) in [6.45, 7) is 2.82. The summed E-state index contributed by atoms with van der Waals surface area (Å²) < 4.78 is 22.8. The van der Waals surface area contributed by atoms with Gasteiger partial charge in [0.15, 0.2) is 12.6 Å². The number of amides is 1. The lowest BCUT2D eigenvalue weighted by atomic mass is 9.97. The fourth-order valence-electron chi connectivity index (χ4n) is 12.1. The van der Waals surface area contributed by atoms with Crippen molar-refractivity contribution in [3.63, 3.8) is 0 Å². The number of hydrogen-bond donors (Lipinski definition) is 9. The van der Waals surface area contributed by atoms with Crippen LogP contribution in [0, 0.1) is 0 Å². The van der Waals surface area contributed by atoms with Crippen molar-refractivity contribution in [3.8, 4) is 0 Å². The van der Waals surface area contributed by atoms with Crippen LogP contribution in [0.15, 0.2) is 24.3 Å². The number of carbonyl (C=O) groups is 1. The minimum Gasteiger partial charge on any atom is -0.394 e. The predicted octanol–water partition coefficient (Wildman–Crippen LogP) is 14.7. The third kappa shape index (κ3) is 40.8. The summed E-state index contributed by atoms with van der Waals surface area (Å²) in [5.41, 5.74) is 0. The van der Waals surface area contributed by atoms with E-state index in [4.69, 9.17) is 18.9 Å². The van der Waals surface area contributed by atoms with Gasteiger partial charge in [0.1, 0.15) is 48.8 Å². The number of allylic oxidation sites excluding steroid dienone is 3. The summed E-state index contributed by atoms with van der Waals surface area (Å²) >= 11 is 0. The summed E-state index contributed by atoms with van der Waals surface area (Å²) in [7, 11) is 0. The molecule has 0 bridgehead atoms. The Labute approximate surface area is 519 Å². The highest BCUT2D eigenvalue weighted by Crippen LogP contribution is 2.30. The Balaban J connectivity index is 1.53. The number of nitrogens with one attached hydrogen (secondary N) is 1. The van der Waals surface area contributed by atoms with E-state index in [2.05, 4.69) is 31.3 Å². The molecule has 0 aliphatic carbocycles. The van der Waals surface area contributed by atoms with Gasteiger partial charge in [0.25, 0.3) is 0 Å². The van der Waals surface area contributed by atoms with E-state index in [1.54, 1.807) is 6.08 Å². The molecular formula is C71H135NO13. The van der Waals surface area contributed by atoms with E-state index in [0.717, 1.165) is 38.5 Å². The summed E-state index contributed by atoms with van der Waals surface area (Å²) in [5, 5.41) is 87.2. The molecule has 2 fully saturated rings. The van der Waals surface area contributed by atoms with Crippen LogP contribution in [0.5, 0.6) is 0 Å². The molecule has 1 amide bonds. The summed E-state index contributed by atoms with van der Waals surface area (Å²) in [4.78, 5) is 13.3. The van der Waals surface area contributed by atoms with E-state index < -0.39 is 86.8 Å². The number of hydrogen-bond acceptors (Lipinski definition) is 13. The van der Waals surface area contributed by atoms with Crippen LogP contribution in [-0.4, -0.2) is 140 Å². The summed E-state index contributed by atoms with van der Waals surface area (Å²) in [5.74, 6) is -0.234. The Morgan fingerprint density at radius 1 is 0.412 bits per heavy atom. The SMILES string of the molecule is CCCCCCCCCC/C=C\CCCCCCCCCCCCCCCCCCCCCCCCCCCCCC(=O)NC(COC1OC(CO)C(OC2OC(CO)C(O)C(O)C2O)C(O)C1O)C(O)/C=C/CCCCCCCCCCCC. The number of carbonyl (C=O) groups excluding carboxylic acids is 1. The average molecular weight is 1210 g/mol. The number of unbranched alkanes of at least 4 members (excludes halogenated alkanes) is 45. The molecule has 2 aliphatic heterocycles. The Morgan fingerprint density at radius 3 is 1.12 bits per heavy atom. The normalized spacial score (nSPS) is 23.6. The highest BCUT2D eigenvalue weighted by atomic mass is 16.7. The molecule has 14 nitrogen and oxygen atoms in total. The fraction of sp³-hybridized carbons (Fsp3) is 0.930. The molecule has 0 saturated carbocycles. The number of aliphatic hydroxyl groups is 8. The third-order valence-electron chi connectivity index (χ3n) is 17.9. The highest BCUT2D eigenvalue weighted by Gasteiger charge is 2.51. The van der Waals surface area contributed by atoms with E-state index in [9.17, 15) is 45.6 Å². The van der Waals surface area contributed by atoms with Crippen LogP contribution < -0.4 is 5.32 Å². The third-order valence-corrected chi connectivity index (χ3v) is 17.9. The monoisotopic (exact) mass is 1210 g/mol. The zero-order valence-corrected chi connectivity index (χ0v) is 54.6. The lowest BCUT2D eigenvalue weighted by molar-refractivity contribution is -0.359. The number of ether oxygens (including phenoxy) is 4. The molecule has 12 atom stereocenters. The Hall–Kier alpha value is -1.53. The van der Waals surface area contributed by atoms with E-state index in [0.29, 0.717) is 6.42 Å². The van der Waals surface area contributed by atoms with Crippen molar-refractivity contribution in [2.75, 3.05) is 19.8 Å². The van der Waals surface area contributed by atoms with Gasteiger partial charge < -0.3 is 65.1 Å². The molecule has 2 saturated heterocycles. The zero-order valence-electron chi connectivity index (χ0n) is 54.6. The minimum absolute atomic E-state index is 0.234. The molecule has 0 aromatic heterocycles. The molecule has 502 valence electrons. The van der Waals surface area contributed by atoms with E-state index in [-0.39, 0.29) is 18.9 Å². The van der Waals surface area contributed by atoms with E-state index >= 15 is 0 Å². The lowest BCUT2D eigenvalue weighted by Gasteiger charge is -2.46. The second-order valence-corrected chi connectivity index (χ2v) is 25.7. The van der Waals surface area contributed by atoms with Crippen LogP contribution in [0.1, 0.15) is 328 Å². The summed E-state index contributed by atoms with van der Waals surface area (Å²) in [6.07, 6.45) is 54.3. The smallest absolute Gasteiger partial charge is 0.220 e. The topological polar surface area (TPSA) is 228 Å². The molecule has 12 unspecified atom stereocenters. The van der Waals surface area contributed by atoms with Crippen LogP contribution in [0.4, 0.5) is 0 Å². The molecule has 0 aromatic rings. The van der Waals surface area contributed by atoms with Gasteiger partial charge in [-0.2, -0.15) is 0 Å². The standard InChI is InChI=1S/C71H135NO13/c1-3-5-7-9-11-13-15-17-18-19-20-21-22-23-24-25-26-27-28-29-30-31-32-33-34-35-36-37-38-39-40-41-42-43-45-47-49-51-53-55-63(76)72-59(60(75)54-52-50-48-46-44-16-14-12-10-8-6-4-2)58-82-70-68(81)66(79)69(62(57-74)84-70)85-71-67(80)65(78)64(77)61(56-73)83-71/h19-20,52,54,59-62,64-71,73-75,77-81H,3-18,21-51,53,55-58H2,1-2H3,(H,72,76)/b20-19-,54-52+. The second-order valence-electron chi connectivity index (χ2n) is 25.7. The second kappa shape index (κ2) is 56.5. The Bertz CT molecular complexity index is 1520. The maximum Gasteiger partial charge on any atom is 0.220 e. The van der Waals surface area contributed by atoms with E-state index in [1.807, 2.05) is 6.08 Å². The molecule has 85 heavy (non-hydrogen) atoms. The maximum absolute atomic E-state index is 13.3. The largest absolute Gasteiger partial charge is 0.394 e. The van der Waals surface area contributed by atoms with Crippen molar-refractivity contribution in [2.24, 2.45) is 0 Å². The van der Waals surface area contributed by atoms with Crippen molar-refractivity contribution >= 4 is 5.91 Å². The van der Waals surface area contributed by atoms with Crippen LogP contribution in [0.25, 0.3) is 0 Å². The first kappa shape index (κ1) is 79.6. The van der Waals surface area contributed by atoms with Gasteiger partial charge in [-0.1, -0.05) is 301 Å². The van der Waals surface area contributed by atoms with Gasteiger partial charge in [0, 0.05) is 6.42 Å². The van der Waals surface area contributed by atoms with Gasteiger partial charge in [-0.15, -0.1) is 0 Å². The van der Waals surface area contributed by atoms with Crippen molar-refractivity contribution in [3.05, 3.63) is 24.3 Å². The van der Waals surface area contributed by atoms with Gasteiger partial charge in [0.2, 0.25) is 5.91 Å². The van der Waals surface area contributed by atoms with Gasteiger partial charge >= 0.3 is 0 Å². The molecular weight excluding hydrogens is 1070 g/mol.